The van der Waals surface area contributed by atoms with Crippen LogP contribution in [0.15, 0.2) is 73.2 Å². The molecule has 0 spiro atoms. The van der Waals surface area contributed by atoms with E-state index in [2.05, 4.69) is 15.4 Å². The van der Waals surface area contributed by atoms with E-state index in [0.717, 1.165) is 5.56 Å². The molecule has 0 aliphatic carbocycles. The molecular formula is C23H18ClN5O5. The van der Waals surface area contributed by atoms with Gasteiger partial charge in [0.2, 0.25) is 0 Å². The Morgan fingerprint density at radius 2 is 2.03 bits per heavy atom. The zero-order valence-corrected chi connectivity index (χ0v) is 18.6. The fourth-order valence-electron chi connectivity index (χ4n) is 3.02. The third-order valence-corrected chi connectivity index (χ3v) is 4.83. The summed E-state index contributed by atoms with van der Waals surface area (Å²) in [4.78, 5) is 27.4. The van der Waals surface area contributed by atoms with Gasteiger partial charge in [0, 0.05) is 29.5 Å². The molecule has 4 rings (SSSR count). The molecule has 10 nitrogen and oxygen atoms in total. The lowest BCUT2D eigenvalue weighted by Crippen LogP contribution is -2.14. The number of hydrogen-bond acceptors (Lipinski definition) is 7. The Morgan fingerprint density at radius 1 is 1.18 bits per heavy atom. The molecule has 34 heavy (non-hydrogen) atoms. The van der Waals surface area contributed by atoms with Crippen LogP contribution in [0.4, 0.5) is 11.4 Å². The molecule has 1 amide bonds. The van der Waals surface area contributed by atoms with Gasteiger partial charge >= 0.3 is 0 Å². The maximum absolute atomic E-state index is 12.7. The van der Waals surface area contributed by atoms with E-state index in [0.29, 0.717) is 16.5 Å². The summed E-state index contributed by atoms with van der Waals surface area (Å²) in [5.74, 6) is 0.669. The summed E-state index contributed by atoms with van der Waals surface area (Å²) in [6.07, 6.45) is 4.63. The van der Waals surface area contributed by atoms with Crippen LogP contribution in [-0.2, 0) is 6.73 Å². The molecule has 172 valence electrons. The van der Waals surface area contributed by atoms with Crippen LogP contribution < -0.4 is 14.8 Å². The number of halogens is 1. The fourth-order valence-corrected chi connectivity index (χ4v) is 3.25. The fraction of sp³-hybridized carbons (Fsp3) is 0.0870. The molecule has 0 saturated heterocycles. The summed E-state index contributed by atoms with van der Waals surface area (Å²) in [6.45, 7) is 1.95. The number of hydrogen-bond donors (Lipinski definition) is 1. The molecule has 0 radical (unpaired) electrons. The zero-order valence-electron chi connectivity index (χ0n) is 17.8. The topological polar surface area (TPSA) is 121 Å². The van der Waals surface area contributed by atoms with Crippen LogP contribution >= 0.6 is 11.6 Å². The Morgan fingerprint density at radius 3 is 2.76 bits per heavy atom. The first kappa shape index (κ1) is 22.7. The van der Waals surface area contributed by atoms with Crippen LogP contribution in [-0.4, -0.2) is 25.6 Å². The molecule has 0 aliphatic heterocycles. The second-order valence-corrected chi connectivity index (χ2v) is 7.58. The van der Waals surface area contributed by atoms with Crippen molar-refractivity contribution in [3.8, 4) is 17.2 Å². The predicted octanol–water partition coefficient (Wildman–Crippen LogP) is 5.23. The van der Waals surface area contributed by atoms with Crippen molar-refractivity contribution in [2.24, 2.45) is 0 Å². The van der Waals surface area contributed by atoms with Gasteiger partial charge in [0.25, 0.3) is 11.6 Å². The normalized spacial score (nSPS) is 10.5. The highest BCUT2D eigenvalue weighted by molar-refractivity contribution is 6.30. The van der Waals surface area contributed by atoms with E-state index in [1.54, 1.807) is 42.7 Å². The summed E-state index contributed by atoms with van der Waals surface area (Å²) in [6, 6.07) is 14.1. The lowest BCUT2D eigenvalue weighted by molar-refractivity contribution is -0.384. The highest BCUT2D eigenvalue weighted by atomic mass is 35.5. The number of amides is 1. The van der Waals surface area contributed by atoms with E-state index < -0.39 is 10.8 Å². The van der Waals surface area contributed by atoms with Crippen LogP contribution in [0.2, 0.25) is 5.02 Å². The summed E-state index contributed by atoms with van der Waals surface area (Å²) in [7, 11) is 0. The van der Waals surface area contributed by atoms with Crippen LogP contribution in [0.5, 0.6) is 17.2 Å². The Hall–Kier alpha value is -4.44. The lowest BCUT2D eigenvalue weighted by Gasteiger charge is -2.09. The summed E-state index contributed by atoms with van der Waals surface area (Å²) >= 11 is 5.95. The number of benzene rings is 2. The van der Waals surface area contributed by atoms with E-state index >= 15 is 0 Å². The second kappa shape index (κ2) is 10.0. The van der Waals surface area contributed by atoms with E-state index in [-0.39, 0.29) is 29.5 Å². The second-order valence-electron chi connectivity index (χ2n) is 7.14. The van der Waals surface area contributed by atoms with Gasteiger partial charge in [-0.05, 0) is 48.9 Å². The zero-order chi connectivity index (χ0) is 24.1. The summed E-state index contributed by atoms with van der Waals surface area (Å²) in [5, 5.41) is 18.8. The molecule has 0 saturated carbocycles. The number of nitro groups is 1. The van der Waals surface area contributed by atoms with Crippen molar-refractivity contribution >= 4 is 28.9 Å². The number of carbonyl (C=O) groups excluding carboxylic acids is 1. The van der Waals surface area contributed by atoms with Gasteiger partial charge in [0.15, 0.2) is 12.4 Å². The Balaban J connectivity index is 1.45. The molecule has 2 aromatic carbocycles. The van der Waals surface area contributed by atoms with Gasteiger partial charge in [0.1, 0.15) is 17.2 Å². The minimum absolute atomic E-state index is 0.0790. The van der Waals surface area contributed by atoms with Crippen molar-refractivity contribution in [2.75, 3.05) is 5.32 Å². The standard InChI is InChI=1S/C23H18ClN5O5/c1-15-9-16(24)4-5-22(15)33-14-28-8-6-21(27-28)23(30)26-17-10-18(29(31)32)12-20(11-17)34-19-3-2-7-25-13-19/h2-13H,14H2,1H3,(H,26,30). The first-order valence-electron chi connectivity index (χ1n) is 9.98. The number of nitrogens with zero attached hydrogens (tertiary/aromatic N) is 4. The number of rotatable bonds is 8. The minimum atomic E-state index is -0.573. The SMILES string of the molecule is Cc1cc(Cl)ccc1OCn1ccc(C(=O)Nc2cc(Oc3cccnc3)cc([N+](=O)[O-])c2)n1. The molecule has 0 atom stereocenters. The van der Waals surface area contributed by atoms with E-state index in [1.165, 1.54) is 35.1 Å². The van der Waals surface area contributed by atoms with Crippen molar-refractivity contribution in [2.45, 2.75) is 13.7 Å². The van der Waals surface area contributed by atoms with Gasteiger partial charge in [-0.25, -0.2) is 4.68 Å². The van der Waals surface area contributed by atoms with Crippen molar-refractivity contribution in [1.82, 2.24) is 14.8 Å². The summed E-state index contributed by atoms with van der Waals surface area (Å²) < 4.78 is 12.8. The molecular weight excluding hydrogens is 462 g/mol. The van der Waals surface area contributed by atoms with Crippen molar-refractivity contribution < 1.29 is 19.2 Å². The maximum atomic E-state index is 12.7. The minimum Gasteiger partial charge on any atom is -0.471 e. The number of pyridine rings is 1. The van der Waals surface area contributed by atoms with E-state index in [1.807, 2.05) is 6.92 Å². The van der Waals surface area contributed by atoms with Gasteiger partial charge in [-0.15, -0.1) is 0 Å². The van der Waals surface area contributed by atoms with Gasteiger partial charge in [-0.2, -0.15) is 5.10 Å². The summed E-state index contributed by atoms with van der Waals surface area (Å²) in [5.41, 5.74) is 0.917. The van der Waals surface area contributed by atoms with Crippen molar-refractivity contribution in [3.63, 3.8) is 0 Å². The molecule has 2 aromatic heterocycles. The van der Waals surface area contributed by atoms with Crippen LogP contribution in [0.3, 0.4) is 0 Å². The van der Waals surface area contributed by atoms with Gasteiger partial charge in [0.05, 0.1) is 22.9 Å². The average Bonchev–Trinajstić information content (AvgIpc) is 3.28. The highest BCUT2D eigenvalue weighted by Crippen LogP contribution is 2.29. The van der Waals surface area contributed by atoms with E-state index in [4.69, 9.17) is 21.1 Å². The quantitative estimate of drug-likeness (QED) is 0.271. The number of ether oxygens (including phenoxy) is 2. The number of anilines is 1. The molecule has 0 fully saturated rings. The van der Waals surface area contributed by atoms with Crippen LogP contribution in [0, 0.1) is 17.0 Å². The first-order valence-corrected chi connectivity index (χ1v) is 10.4. The van der Waals surface area contributed by atoms with E-state index in [9.17, 15) is 14.9 Å². The Labute approximate surface area is 198 Å². The third-order valence-electron chi connectivity index (χ3n) is 4.59. The smallest absolute Gasteiger partial charge is 0.276 e. The molecule has 0 bridgehead atoms. The molecule has 2 heterocycles. The molecule has 1 N–H and O–H groups in total. The van der Waals surface area contributed by atoms with Gasteiger partial charge < -0.3 is 14.8 Å². The number of nitro benzene ring substituents is 1. The van der Waals surface area contributed by atoms with Crippen molar-refractivity contribution in [1.29, 1.82) is 0 Å². The molecule has 0 unspecified atom stereocenters. The first-order chi connectivity index (χ1) is 16.4. The largest absolute Gasteiger partial charge is 0.471 e. The molecule has 11 heteroatoms. The molecule has 0 aliphatic rings. The number of non-ortho nitro benzene ring substituents is 1. The number of aromatic nitrogens is 3. The number of aryl methyl sites for hydroxylation is 1. The monoisotopic (exact) mass is 479 g/mol. The van der Waals surface area contributed by atoms with Crippen LogP contribution in [0.1, 0.15) is 16.1 Å². The lowest BCUT2D eigenvalue weighted by atomic mass is 10.2. The van der Waals surface area contributed by atoms with Gasteiger partial charge in [-0.1, -0.05) is 11.6 Å². The van der Waals surface area contributed by atoms with Crippen molar-refractivity contribution in [3.05, 3.63) is 99.6 Å². The average molecular weight is 480 g/mol. The third kappa shape index (κ3) is 5.67. The predicted molar refractivity (Wildman–Crippen MR) is 124 cm³/mol. The van der Waals surface area contributed by atoms with Gasteiger partial charge in [-0.3, -0.25) is 19.9 Å². The Bertz CT molecular complexity index is 1340. The molecule has 4 aromatic rings. The number of nitrogens with one attached hydrogen (secondary N) is 1. The highest BCUT2D eigenvalue weighted by Gasteiger charge is 2.16. The Kier molecular flexibility index (Phi) is 6.69. The van der Waals surface area contributed by atoms with Crippen LogP contribution in [0.25, 0.3) is 0 Å². The maximum Gasteiger partial charge on any atom is 0.276 e. The number of carbonyl (C=O) groups is 1.